The van der Waals surface area contributed by atoms with Gasteiger partial charge >= 0.3 is 0 Å². The van der Waals surface area contributed by atoms with Gasteiger partial charge in [-0.3, -0.25) is 0 Å². The van der Waals surface area contributed by atoms with Gasteiger partial charge in [0, 0.05) is 16.8 Å². The second kappa shape index (κ2) is 5.53. The zero-order valence-electron chi connectivity index (χ0n) is 8.67. The molecule has 1 saturated carbocycles. The summed E-state index contributed by atoms with van der Waals surface area (Å²) in [5.41, 5.74) is 6.19. The highest BCUT2D eigenvalue weighted by Crippen LogP contribution is 2.42. The molecule has 0 atom stereocenters. The van der Waals surface area contributed by atoms with Gasteiger partial charge in [-0.1, -0.05) is 30.9 Å². The molecule has 0 aliphatic heterocycles. The third kappa shape index (κ3) is 2.68. The first-order valence-electron chi connectivity index (χ1n) is 5.23. The van der Waals surface area contributed by atoms with E-state index in [9.17, 15) is 0 Å². The minimum Gasteiger partial charge on any atom is -0.330 e. The van der Waals surface area contributed by atoms with E-state index in [1.54, 1.807) is 11.3 Å². The predicted octanol–water partition coefficient (Wildman–Crippen LogP) is 3.98. The van der Waals surface area contributed by atoms with Crippen molar-refractivity contribution in [2.24, 2.45) is 5.73 Å². The molecule has 1 aliphatic rings. The maximum absolute atomic E-state index is 5.98. The summed E-state index contributed by atoms with van der Waals surface area (Å²) in [5, 5.41) is 0. The summed E-state index contributed by atoms with van der Waals surface area (Å²) in [5.74, 6) is 0. The Morgan fingerprint density at radius 2 is 1.93 bits per heavy atom. The highest BCUT2D eigenvalue weighted by atomic mass is 35.5. The molecule has 0 saturated heterocycles. The quantitative estimate of drug-likeness (QED) is 0.860. The van der Waals surface area contributed by atoms with Crippen LogP contribution >= 0.6 is 35.3 Å². The minimum atomic E-state index is 0. The van der Waals surface area contributed by atoms with Gasteiger partial charge in [0.2, 0.25) is 0 Å². The largest absolute Gasteiger partial charge is 0.330 e. The van der Waals surface area contributed by atoms with Crippen LogP contribution in [0.4, 0.5) is 0 Å². The Morgan fingerprint density at radius 1 is 1.27 bits per heavy atom. The Bertz CT molecular complexity index is 305. The Kier molecular flexibility index (Phi) is 4.91. The second-order valence-corrected chi connectivity index (χ2v) is 5.86. The van der Waals surface area contributed by atoms with E-state index < -0.39 is 0 Å². The third-order valence-corrected chi connectivity index (χ3v) is 4.77. The van der Waals surface area contributed by atoms with Crippen LogP contribution in [0.25, 0.3) is 0 Å². The number of rotatable bonds is 2. The number of hydrogen-bond donors (Lipinski definition) is 1. The smallest absolute Gasteiger partial charge is 0.0931 e. The van der Waals surface area contributed by atoms with Crippen molar-refractivity contribution in [1.82, 2.24) is 0 Å². The molecule has 2 rings (SSSR count). The Labute approximate surface area is 106 Å². The van der Waals surface area contributed by atoms with Gasteiger partial charge in [0.05, 0.1) is 4.34 Å². The highest BCUT2D eigenvalue weighted by molar-refractivity contribution is 7.16. The van der Waals surface area contributed by atoms with Crippen LogP contribution in [0, 0.1) is 0 Å². The van der Waals surface area contributed by atoms with Gasteiger partial charge in [0.25, 0.3) is 0 Å². The third-order valence-electron chi connectivity index (χ3n) is 3.30. The SMILES string of the molecule is Cl.NCC1(c2ccc(Cl)s2)CCCCC1. The number of nitrogens with two attached hydrogens (primary N) is 1. The predicted molar refractivity (Wildman–Crippen MR) is 70.4 cm³/mol. The zero-order chi connectivity index (χ0) is 10.0. The molecule has 0 unspecified atom stereocenters. The van der Waals surface area contributed by atoms with Crippen molar-refractivity contribution < 1.29 is 0 Å². The summed E-state index contributed by atoms with van der Waals surface area (Å²) in [6.07, 6.45) is 6.46. The molecule has 1 aromatic heterocycles. The van der Waals surface area contributed by atoms with E-state index in [0.29, 0.717) is 0 Å². The summed E-state index contributed by atoms with van der Waals surface area (Å²) in [7, 11) is 0. The van der Waals surface area contributed by atoms with Gasteiger partial charge in [0.1, 0.15) is 0 Å². The van der Waals surface area contributed by atoms with Gasteiger partial charge in [-0.05, 0) is 25.0 Å². The molecule has 1 heterocycles. The first kappa shape index (κ1) is 13.3. The van der Waals surface area contributed by atoms with E-state index in [-0.39, 0.29) is 17.8 Å². The first-order valence-corrected chi connectivity index (χ1v) is 6.42. The van der Waals surface area contributed by atoms with E-state index >= 15 is 0 Å². The second-order valence-electron chi connectivity index (χ2n) is 4.15. The van der Waals surface area contributed by atoms with Gasteiger partial charge in [-0.25, -0.2) is 0 Å². The molecule has 1 fully saturated rings. The zero-order valence-corrected chi connectivity index (χ0v) is 11.1. The van der Waals surface area contributed by atoms with Crippen molar-refractivity contribution in [1.29, 1.82) is 0 Å². The summed E-state index contributed by atoms with van der Waals surface area (Å²) in [6, 6.07) is 4.15. The molecule has 15 heavy (non-hydrogen) atoms. The molecule has 1 nitrogen and oxygen atoms in total. The summed E-state index contributed by atoms with van der Waals surface area (Å²) >= 11 is 7.68. The van der Waals surface area contributed by atoms with E-state index in [1.165, 1.54) is 37.0 Å². The molecule has 0 spiro atoms. The topological polar surface area (TPSA) is 26.0 Å². The van der Waals surface area contributed by atoms with Crippen molar-refractivity contribution in [2.45, 2.75) is 37.5 Å². The van der Waals surface area contributed by atoms with Crippen LogP contribution in [-0.2, 0) is 5.41 Å². The van der Waals surface area contributed by atoms with Crippen molar-refractivity contribution >= 4 is 35.3 Å². The van der Waals surface area contributed by atoms with Crippen LogP contribution in [0.2, 0.25) is 4.34 Å². The molecule has 0 radical (unpaired) electrons. The fourth-order valence-corrected chi connectivity index (χ4v) is 3.68. The maximum atomic E-state index is 5.98. The molecule has 2 N–H and O–H groups in total. The standard InChI is InChI=1S/C11H16ClNS.ClH/c12-10-5-4-9(14-10)11(8-13)6-2-1-3-7-11;/h4-5H,1-3,6-8,13H2;1H. The maximum Gasteiger partial charge on any atom is 0.0931 e. The molecule has 1 aliphatic carbocycles. The lowest BCUT2D eigenvalue weighted by molar-refractivity contribution is 0.306. The average Bonchev–Trinajstić information content (AvgIpc) is 2.66. The van der Waals surface area contributed by atoms with Crippen molar-refractivity contribution in [3.63, 3.8) is 0 Å². The van der Waals surface area contributed by atoms with Crippen molar-refractivity contribution in [2.75, 3.05) is 6.54 Å². The molecule has 4 heteroatoms. The van der Waals surface area contributed by atoms with Crippen LogP contribution in [-0.4, -0.2) is 6.54 Å². The molecular weight excluding hydrogens is 249 g/mol. The molecule has 1 aromatic rings. The molecule has 0 aromatic carbocycles. The fraction of sp³-hybridized carbons (Fsp3) is 0.636. The van der Waals surface area contributed by atoms with Crippen LogP contribution in [0.15, 0.2) is 12.1 Å². The monoisotopic (exact) mass is 265 g/mol. The van der Waals surface area contributed by atoms with Crippen LogP contribution in [0.3, 0.4) is 0 Å². The fourth-order valence-electron chi connectivity index (χ4n) is 2.38. The van der Waals surface area contributed by atoms with Gasteiger partial charge in [-0.15, -0.1) is 23.7 Å². The van der Waals surface area contributed by atoms with E-state index in [2.05, 4.69) is 6.07 Å². The lowest BCUT2D eigenvalue weighted by atomic mass is 9.73. The molecule has 0 amide bonds. The van der Waals surface area contributed by atoms with Crippen molar-refractivity contribution in [3.05, 3.63) is 21.3 Å². The lowest BCUT2D eigenvalue weighted by Gasteiger charge is -2.35. The summed E-state index contributed by atoms with van der Waals surface area (Å²) < 4.78 is 0.887. The molecule has 0 bridgehead atoms. The molecular formula is C11H17Cl2NS. The van der Waals surface area contributed by atoms with E-state index in [1.807, 2.05) is 6.07 Å². The van der Waals surface area contributed by atoms with Crippen LogP contribution < -0.4 is 5.73 Å². The number of hydrogen-bond acceptors (Lipinski definition) is 2. The summed E-state index contributed by atoms with van der Waals surface area (Å²) in [6.45, 7) is 0.768. The van der Waals surface area contributed by atoms with E-state index in [4.69, 9.17) is 17.3 Å². The van der Waals surface area contributed by atoms with E-state index in [0.717, 1.165) is 10.9 Å². The summed E-state index contributed by atoms with van der Waals surface area (Å²) in [4.78, 5) is 1.39. The normalized spacial score (nSPS) is 19.6. The number of halogens is 2. The Balaban J connectivity index is 0.00000112. The van der Waals surface area contributed by atoms with Gasteiger partial charge in [-0.2, -0.15) is 0 Å². The first-order chi connectivity index (χ1) is 6.77. The van der Waals surface area contributed by atoms with Crippen LogP contribution in [0.1, 0.15) is 37.0 Å². The minimum absolute atomic E-state index is 0. The highest BCUT2D eigenvalue weighted by Gasteiger charge is 2.33. The Hall–Kier alpha value is 0.240. The average molecular weight is 266 g/mol. The molecule has 86 valence electrons. The van der Waals surface area contributed by atoms with Crippen LogP contribution in [0.5, 0.6) is 0 Å². The van der Waals surface area contributed by atoms with Crippen molar-refractivity contribution in [3.8, 4) is 0 Å². The Morgan fingerprint density at radius 3 is 2.40 bits per heavy atom. The number of thiophene rings is 1. The lowest BCUT2D eigenvalue weighted by Crippen LogP contribution is -2.36. The van der Waals surface area contributed by atoms with Gasteiger partial charge < -0.3 is 5.73 Å². The van der Waals surface area contributed by atoms with Gasteiger partial charge in [0.15, 0.2) is 0 Å².